The fourth-order valence-electron chi connectivity index (χ4n) is 3.44. The molecule has 0 saturated carbocycles. The molecule has 5 nitrogen and oxygen atoms in total. The Hall–Kier alpha value is -2.61. The highest BCUT2D eigenvalue weighted by molar-refractivity contribution is 6.30. The lowest BCUT2D eigenvalue weighted by molar-refractivity contribution is -0.139. The minimum Gasteiger partial charge on any atom is -0.332 e. The number of halogens is 4. The molecule has 1 aliphatic rings. The summed E-state index contributed by atoms with van der Waals surface area (Å²) < 4.78 is 39.3. The normalized spacial score (nSPS) is 17.6. The van der Waals surface area contributed by atoms with Crippen LogP contribution in [-0.4, -0.2) is 32.5 Å². The lowest BCUT2D eigenvalue weighted by Gasteiger charge is -2.25. The maximum atomic E-state index is 13.1. The van der Waals surface area contributed by atoms with Gasteiger partial charge in [0.15, 0.2) is 11.3 Å². The highest BCUT2D eigenvalue weighted by Gasteiger charge is 2.37. The number of benzene rings is 1. The van der Waals surface area contributed by atoms with Gasteiger partial charge in [0.2, 0.25) is 0 Å². The number of carbonyl (C=O) groups excluding carboxylic acids is 1. The third-order valence-corrected chi connectivity index (χ3v) is 4.95. The number of carbonyl (C=O) groups is 1. The Morgan fingerprint density at radius 3 is 2.70 bits per heavy atom. The number of aromatic nitrogens is 3. The third-order valence-electron chi connectivity index (χ3n) is 4.70. The van der Waals surface area contributed by atoms with E-state index in [1.54, 1.807) is 17.0 Å². The standard InChI is InChI=1S/C18H14ClF3N4O/c19-12-5-3-10(4-6-12)14-2-1-7-26(14)17(27)11-8-13-15(18(20,21)22)24-25-16(13)23-9-11/h3-6,8-9,14H,1-2,7H2,(H,23,24,25)/t14-/m0/s1. The molecule has 0 aliphatic carbocycles. The summed E-state index contributed by atoms with van der Waals surface area (Å²) in [6.07, 6.45) is -1.75. The van der Waals surface area contributed by atoms with Crippen LogP contribution in [-0.2, 0) is 6.18 Å². The van der Waals surface area contributed by atoms with Crippen molar-refractivity contribution in [2.45, 2.75) is 25.1 Å². The summed E-state index contributed by atoms with van der Waals surface area (Å²) in [6, 6.07) is 8.29. The minimum atomic E-state index is -4.62. The van der Waals surface area contributed by atoms with Gasteiger partial charge in [0.1, 0.15) is 0 Å². The SMILES string of the molecule is O=C(c1cnc2[nH]nc(C(F)(F)F)c2c1)N1CCC[C@H]1c1ccc(Cl)cc1. The fraction of sp³-hybridized carbons (Fsp3) is 0.278. The molecular formula is C18H14ClF3N4O. The average molecular weight is 395 g/mol. The van der Waals surface area contributed by atoms with Gasteiger partial charge in [0, 0.05) is 17.8 Å². The van der Waals surface area contributed by atoms with Crippen molar-refractivity contribution in [1.82, 2.24) is 20.1 Å². The predicted octanol–water partition coefficient (Wildman–Crippen LogP) is 4.61. The van der Waals surface area contributed by atoms with Crippen molar-refractivity contribution < 1.29 is 18.0 Å². The third kappa shape index (κ3) is 3.25. The Morgan fingerprint density at radius 1 is 1.26 bits per heavy atom. The molecule has 1 fully saturated rings. The van der Waals surface area contributed by atoms with E-state index < -0.39 is 11.9 Å². The molecule has 2 aromatic heterocycles. The van der Waals surface area contributed by atoms with E-state index in [0.29, 0.717) is 11.6 Å². The number of amides is 1. The molecule has 0 radical (unpaired) electrons. The molecule has 140 valence electrons. The van der Waals surface area contributed by atoms with Crippen LogP contribution in [0.2, 0.25) is 5.02 Å². The second-order valence-electron chi connectivity index (χ2n) is 6.40. The summed E-state index contributed by atoms with van der Waals surface area (Å²) in [5, 5.41) is 5.93. The summed E-state index contributed by atoms with van der Waals surface area (Å²) in [4.78, 5) is 18.6. The average Bonchev–Trinajstić information content (AvgIpc) is 3.27. The summed E-state index contributed by atoms with van der Waals surface area (Å²) in [5.74, 6) is -0.351. The van der Waals surface area contributed by atoms with E-state index >= 15 is 0 Å². The van der Waals surface area contributed by atoms with Crippen LogP contribution in [0.3, 0.4) is 0 Å². The minimum absolute atomic E-state index is 0.00505. The van der Waals surface area contributed by atoms with Crippen LogP contribution in [0.25, 0.3) is 11.0 Å². The van der Waals surface area contributed by atoms with Crippen molar-refractivity contribution >= 4 is 28.5 Å². The van der Waals surface area contributed by atoms with Crippen LogP contribution in [0, 0.1) is 0 Å². The lowest BCUT2D eigenvalue weighted by Crippen LogP contribution is -2.30. The monoisotopic (exact) mass is 394 g/mol. The summed E-state index contributed by atoms with van der Waals surface area (Å²) in [5.41, 5.74) is -0.0290. The molecule has 1 aliphatic heterocycles. The first-order chi connectivity index (χ1) is 12.8. The smallest absolute Gasteiger partial charge is 0.332 e. The molecule has 0 unspecified atom stereocenters. The van der Waals surface area contributed by atoms with Crippen LogP contribution in [0.1, 0.15) is 40.5 Å². The molecule has 0 spiro atoms. The number of nitrogens with zero attached hydrogens (tertiary/aromatic N) is 3. The van der Waals surface area contributed by atoms with Gasteiger partial charge in [-0.2, -0.15) is 18.3 Å². The van der Waals surface area contributed by atoms with E-state index in [4.69, 9.17) is 11.6 Å². The van der Waals surface area contributed by atoms with Gasteiger partial charge in [-0.1, -0.05) is 23.7 Å². The van der Waals surface area contributed by atoms with Crippen molar-refractivity contribution in [2.75, 3.05) is 6.54 Å². The molecule has 1 atom stereocenters. The number of aromatic amines is 1. The van der Waals surface area contributed by atoms with Gasteiger partial charge in [-0.05, 0) is 36.6 Å². The fourth-order valence-corrected chi connectivity index (χ4v) is 3.57. The van der Waals surface area contributed by atoms with Crippen molar-refractivity contribution in [2.24, 2.45) is 0 Å². The number of likely N-dealkylation sites (tertiary alicyclic amines) is 1. The van der Waals surface area contributed by atoms with Gasteiger partial charge < -0.3 is 4.90 Å². The number of hydrogen-bond donors (Lipinski definition) is 1. The van der Waals surface area contributed by atoms with Gasteiger partial charge in [-0.3, -0.25) is 9.89 Å². The number of nitrogens with one attached hydrogen (secondary N) is 1. The van der Waals surface area contributed by atoms with Gasteiger partial charge in [0.25, 0.3) is 5.91 Å². The molecule has 3 heterocycles. The van der Waals surface area contributed by atoms with Gasteiger partial charge in [-0.25, -0.2) is 4.98 Å². The molecule has 1 amide bonds. The second kappa shape index (κ2) is 6.53. The summed E-state index contributed by atoms with van der Waals surface area (Å²) in [6.45, 7) is 0.529. The molecule has 9 heteroatoms. The van der Waals surface area contributed by atoms with Gasteiger partial charge in [-0.15, -0.1) is 0 Å². The molecule has 0 bridgehead atoms. The Bertz CT molecular complexity index is 1000. The molecular weight excluding hydrogens is 381 g/mol. The van der Waals surface area contributed by atoms with Crippen LogP contribution in [0.5, 0.6) is 0 Å². The number of alkyl halides is 3. The van der Waals surface area contributed by atoms with E-state index in [2.05, 4.69) is 15.2 Å². The van der Waals surface area contributed by atoms with Crippen LogP contribution in [0.4, 0.5) is 13.2 Å². The van der Waals surface area contributed by atoms with E-state index in [1.807, 2.05) is 12.1 Å². The van der Waals surface area contributed by atoms with E-state index in [9.17, 15) is 18.0 Å². The van der Waals surface area contributed by atoms with Crippen molar-refractivity contribution in [1.29, 1.82) is 0 Å². The molecule has 3 aromatic rings. The first-order valence-electron chi connectivity index (χ1n) is 8.32. The zero-order valence-corrected chi connectivity index (χ0v) is 14.7. The topological polar surface area (TPSA) is 61.9 Å². The number of fused-ring (bicyclic) bond motifs is 1. The molecule has 1 aromatic carbocycles. The van der Waals surface area contributed by atoms with Crippen LogP contribution in [0.15, 0.2) is 36.5 Å². The van der Waals surface area contributed by atoms with E-state index in [0.717, 1.165) is 18.4 Å². The zero-order chi connectivity index (χ0) is 19.2. The van der Waals surface area contributed by atoms with Gasteiger partial charge in [0.05, 0.1) is 17.0 Å². The Kier molecular flexibility index (Phi) is 4.30. The van der Waals surface area contributed by atoms with Gasteiger partial charge >= 0.3 is 6.18 Å². The summed E-state index contributed by atoms with van der Waals surface area (Å²) >= 11 is 5.92. The number of rotatable bonds is 2. The maximum Gasteiger partial charge on any atom is 0.435 e. The predicted molar refractivity (Wildman–Crippen MR) is 93.4 cm³/mol. The highest BCUT2D eigenvalue weighted by Crippen LogP contribution is 2.35. The lowest BCUT2D eigenvalue weighted by atomic mass is 10.0. The van der Waals surface area contributed by atoms with Crippen molar-refractivity contribution in [3.8, 4) is 0 Å². The van der Waals surface area contributed by atoms with Crippen LogP contribution >= 0.6 is 11.6 Å². The maximum absolute atomic E-state index is 13.1. The highest BCUT2D eigenvalue weighted by atomic mass is 35.5. The molecule has 1 N–H and O–H groups in total. The number of hydrogen-bond acceptors (Lipinski definition) is 3. The van der Waals surface area contributed by atoms with Crippen molar-refractivity contribution in [3.05, 3.63) is 58.4 Å². The van der Waals surface area contributed by atoms with E-state index in [-0.39, 0.29) is 28.5 Å². The zero-order valence-electron chi connectivity index (χ0n) is 13.9. The first kappa shape index (κ1) is 17.8. The molecule has 1 saturated heterocycles. The Labute approximate surface area is 157 Å². The Balaban J connectivity index is 1.68. The molecule has 4 rings (SSSR count). The number of pyridine rings is 1. The quantitative estimate of drug-likeness (QED) is 0.690. The van der Waals surface area contributed by atoms with Crippen molar-refractivity contribution in [3.63, 3.8) is 0 Å². The second-order valence-corrected chi connectivity index (χ2v) is 6.83. The first-order valence-corrected chi connectivity index (χ1v) is 8.70. The molecule has 27 heavy (non-hydrogen) atoms. The largest absolute Gasteiger partial charge is 0.435 e. The number of H-pyrrole nitrogens is 1. The van der Waals surface area contributed by atoms with Crippen LogP contribution < -0.4 is 0 Å². The summed E-state index contributed by atoms with van der Waals surface area (Å²) in [7, 11) is 0. The van der Waals surface area contributed by atoms with E-state index in [1.165, 1.54) is 12.3 Å². The Morgan fingerprint density at radius 2 is 2.00 bits per heavy atom.